The zero-order valence-electron chi connectivity index (χ0n) is 9.56. The van der Waals surface area contributed by atoms with Crippen molar-refractivity contribution in [2.75, 3.05) is 6.16 Å². The van der Waals surface area contributed by atoms with Crippen LogP contribution in [0.5, 0.6) is 0 Å². The summed E-state index contributed by atoms with van der Waals surface area (Å²) in [6.45, 7) is 8.73. The van der Waals surface area contributed by atoms with Crippen molar-refractivity contribution in [3.05, 3.63) is 0 Å². The number of aliphatic hydroxyl groups is 1. The number of rotatable bonds is 6. The lowest BCUT2D eigenvalue weighted by Crippen LogP contribution is -2.16. The molecule has 0 rings (SSSR count). The van der Waals surface area contributed by atoms with E-state index < -0.39 is 13.7 Å². The molecule has 0 bridgehead atoms. The van der Waals surface area contributed by atoms with Crippen molar-refractivity contribution in [1.29, 1.82) is 0 Å². The summed E-state index contributed by atoms with van der Waals surface area (Å²) in [4.78, 5) is 0. The Morgan fingerprint density at radius 1 is 1.07 bits per heavy atom. The van der Waals surface area contributed by atoms with E-state index in [1.807, 2.05) is 0 Å². The quantitative estimate of drug-likeness (QED) is 0.704. The van der Waals surface area contributed by atoms with Crippen LogP contribution in [0.3, 0.4) is 0 Å². The van der Waals surface area contributed by atoms with Gasteiger partial charge in [0.25, 0.3) is 0 Å². The van der Waals surface area contributed by atoms with Gasteiger partial charge in [-0.05, 0) is 34.6 Å². The normalized spacial score (nSPS) is 15.1. The summed E-state index contributed by atoms with van der Waals surface area (Å²) in [5.41, 5.74) is 0. The van der Waals surface area contributed by atoms with Gasteiger partial charge in [-0.2, -0.15) is 0 Å². The van der Waals surface area contributed by atoms with Crippen molar-refractivity contribution < 1.29 is 18.7 Å². The monoisotopic (exact) mass is 224 g/mol. The van der Waals surface area contributed by atoms with Crippen LogP contribution in [0.1, 0.15) is 34.6 Å². The molecule has 86 valence electrons. The molecule has 0 aromatic rings. The Balaban J connectivity index is 4.41. The molecule has 0 heterocycles. The van der Waals surface area contributed by atoms with Crippen molar-refractivity contribution in [3.8, 4) is 0 Å². The molecule has 0 aliphatic rings. The maximum atomic E-state index is 12.0. The summed E-state index contributed by atoms with van der Waals surface area (Å²) in [5, 5.41) is 9.18. The molecular weight excluding hydrogens is 203 g/mol. The lowest BCUT2D eigenvalue weighted by molar-refractivity contribution is 0.129. The standard InChI is InChI=1S/C9H21O4P/c1-7(2)12-14(11,6-9(5)10)13-8(3)4/h7-10H,6H2,1-5H3/t9-/m1/s1. The molecule has 0 fully saturated rings. The molecule has 14 heavy (non-hydrogen) atoms. The smallest absolute Gasteiger partial charge is 0.333 e. The van der Waals surface area contributed by atoms with E-state index in [1.165, 1.54) is 0 Å². The minimum Gasteiger partial charge on any atom is -0.393 e. The number of hydrogen-bond acceptors (Lipinski definition) is 4. The molecule has 5 heteroatoms. The second-order valence-corrected chi connectivity index (χ2v) is 5.96. The Bertz CT molecular complexity index is 168. The number of hydrogen-bond donors (Lipinski definition) is 1. The fraction of sp³-hybridized carbons (Fsp3) is 1.00. The van der Waals surface area contributed by atoms with Crippen LogP contribution in [0.2, 0.25) is 0 Å². The number of aliphatic hydroxyl groups excluding tert-OH is 1. The molecule has 1 N–H and O–H groups in total. The zero-order chi connectivity index (χ0) is 11.4. The maximum Gasteiger partial charge on any atom is 0.333 e. The van der Waals surface area contributed by atoms with Gasteiger partial charge in [-0.25, -0.2) is 0 Å². The van der Waals surface area contributed by atoms with E-state index in [9.17, 15) is 9.67 Å². The molecular formula is C9H21O4P. The molecule has 0 aromatic heterocycles. The highest BCUT2D eigenvalue weighted by Crippen LogP contribution is 2.50. The topological polar surface area (TPSA) is 55.8 Å². The molecule has 0 spiro atoms. The van der Waals surface area contributed by atoms with Crippen LogP contribution < -0.4 is 0 Å². The van der Waals surface area contributed by atoms with Crippen molar-refractivity contribution in [2.24, 2.45) is 0 Å². The Hall–Kier alpha value is 0.110. The lowest BCUT2D eigenvalue weighted by atomic mass is 10.5. The Morgan fingerprint density at radius 2 is 1.43 bits per heavy atom. The summed E-state index contributed by atoms with van der Waals surface area (Å²) in [6.07, 6.45) is -0.974. The van der Waals surface area contributed by atoms with Crippen LogP contribution in [0, 0.1) is 0 Å². The average Bonchev–Trinajstić information content (AvgIpc) is 1.76. The predicted octanol–water partition coefficient (Wildman–Crippen LogP) is 2.41. The van der Waals surface area contributed by atoms with Crippen LogP contribution in [0.25, 0.3) is 0 Å². The van der Waals surface area contributed by atoms with Gasteiger partial charge in [0, 0.05) is 0 Å². The van der Waals surface area contributed by atoms with Crippen LogP contribution >= 0.6 is 7.60 Å². The highest BCUT2D eigenvalue weighted by Gasteiger charge is 2.29. The third-order valence-electron chi connectivity index (χ3n) is 1.23. The second kappa shape index (κ2) is 5.86. The molecule has 0 saturated carbocycles. The van der Waals surface area contributed by atoms with E-state index in [2.05, 4.69) is 0 Å². The molecule has 0 radical (unpaired) electrons. The minimum absolute atomic E-state index is 0.0450. The van der Waals surface area contributed by atoms with Crippen LogP contribution in [-0.4, -0.2) is 29.6 Å². The van der Waals surface area contributed by atoms with Crippen molar-refractivity contribution in [3.63, 3.8) is 0 Å². The van der Waals surface area contributed by atoms with Gasteiger partial charge in [0.05, 0.1) is 24.5 Å². The zero-order valence-corrected chi connectivity index (χ0v) is 10.5. The third-order valence-corrected chi connectivity index (χ3v) is 3.69. The van der Waals surface area contributed by atoms with E-state index >= 15 is 0 Å². The van der Waals surface area contributed by atoms with E-state index in [1.54, 1.807) is 34.6 Å². The third kappa shape index (κ3) is 6.55. The Kier molecular flexibility index (Phi) is 5.91. The van der Waals surface area contributed by atoms with Gasteiger partial charge in [-0.15, -0.1) is 0 Å². The SMILES string of the molecule is CC(C)OP(=O)(C[C@@H](C)O)OC(C)C. The first-order valence-electron chi connectivity index (χ1n) is 4.89. The van der Waals surface area contributed by atoms with Gasteiger partial charge in [0.1, 0.15) is 0 Å². The van der Waals surface area contributed by atoms with Crippen LogP contribution in [-0.2, 0) is 13.6 Å². The van der Waals surface area contributed by atoms with Crippen LogP contribution in [0.15, 0.2) is 0 Å². The fourth-order valence-electron chi connectivity index (χ4n) is 1.08. The molecule has 0 aliphatic carbocycles. The fourth-order valence-corrected chi connectivity index (χ4v) is 3.23. The summed E-state index contributed by atoms with van der Waals surface area (Å²) in [7, 11) is -3.14. The highest BCUT2D eigenvalue weighted by atomic mass is 31.2. The van der Waals surface area contributed by atoms with Gasteiger partial charge in [0.2, 0.25) is 0 Å². The summed E-state index contributed by atoms with van der Waals surface area (Å²) in [5.74, 6) is 0. The summed E-state index contributed by atoms with van der Waals surface area (Å²) < 4.78 is 22.5. The molecule has 1 atom stereocenters. The van der Waals surface area contributed by atoms with Crippen molar-refractivity contribution in [1.82, 2.24) is 0 Å². The molecule has 0 aliphatic heterocycles. The molecule has 0 saturated heterocycles. The van der Waals surface area contributed by atoms with Gasteiger partial charge in [-0.3, -0.25) is 4.57 Å². The largest absolute Gasteiger partial charge is 0.393 e. The first-order chi connectivity index (χ1) is 6.25. The van der Waals surface area contributed by atoms with Crippen LogP contribution in [0.4, 0.5) is 0 Å². The molecule has 0 aromatic carbocycles. The van der Waals surface area contributed by atoms with Crippen molar-refractivity contribution >= 4 is 7.60 Å². The minimum atomic E-state index is -3.14. The van der Waals surface area contributed by atoms with Gasteiger partial charge < -0.3 is 14.2 Å². The molecule has 0 unspecified atom stereocenters. The first kappa shape index (κ1) is 14.1. The highest BCUT2D eigenvalue weighted by molar-refractivity contribution is 7.53. The summed E-state index contributed by atoms with van der Waals surface area (Å²) in [6, 6.07) is 0. The average molecular weight is 224 g/mol. The van der Waals surface area contributed by atoms with Gasteiger partial charge in [-0.1, -0.05) is 0 Å². The van der Waals surface area contributed by atoms with Gasteiger partial charge in [0.15, 0.2) is 0 Å². The van der Waals surface area contributed by atoms with Gasteiger partial charge >= 0.3 is 7.60 Å². The van der Waals surface area contributed by atoms with Crippen molar-refractivity contribution in [2.45, 2.75) is 52.9 Å². The molecule has 4 nitrogen and oxygen atoms in total. The molecule has 0 amide bonds. The lowest BCUT2D eigenvalue weighted by Gasteiger charge is -2.23. The Labute approximate surface area is 86.1 Å². The predicted molar refractivity (Wildman–Crippen MR) is 56.6 cm³/mol. The first-order valence-corrected chi connectivity index (χ1v) is 6.62. The second-order valence-electron chi connectivity index (χ2n) is 3.95. The van der Waals surface area contributed by atoms with E-state index in [4.69, 9.17) is 9.05 Å². The van der Waals surface area contributed by atoms with E-state index in [0.717, 1.165) is 0 Å². The maximum absolute atomic E-state index is 12.0. The van der Waals surface area contributed by atoms with E-state index in [-0.39, 0.29) is 18.4 Å². The summed E-state index contributed by atoms with van der Waals surface area (Å²) >= 11 is 0. The van der Waals surface area contributed by atoms with E-state index in [0.29, 0.717) is 0 Å². The Morgan fingerprint density at radius 3 is 1.64 bits per heavy atom.